The first-order valence-corrected chi connectivity index (χ1v) is 4.68. The molecule has 0 bridgehead atoms. The number of aromatic hydroxyl groups is 1. The van der Waals surface area contributed by atoms with Crippen molar-refractivity contribution in [2.75, 3.05) is 0 Å². The lowest BCUT2D eigenvalue weighted by Gasteiger charge is -2.11. The van der Waals surface area contributed by atoms with Gasteiger partial charge in [0.15, 0.2) is 0 Å². The predicted molar refractivity (Wildman–Crippen MR) is 48.8 cm³/mol. The van der Waals surface area contributed by atoms with Gasteiger partial charge in [-0.25, -0.2) is 0 Å². The molecule has 3 nitrogen and oxygen atoms in total. The van der Waals surface area contributed by atoms with Crippen molar-refractivity contribution < 1.29 is 15.0 Å². The zero-order valence-electron chi connectivity index (χ0n) is 7.69. The Hall–Kier alpha value is -1.51. The van der Waals surface area contributed by atoms with Crippen LogP contribution in [0, 0.1) is 0 Å². The Labute approximate surface area is 82.0 Å². The van der Waals surface area contributed by atoms with E-state index in [0.717, 1.165) is 24.0 Å². The van der Waals surface area contributed by atoms with Gasteiger partial charge in [-0.05, 0) is 48.4 Å². The topological polar surface area (TPSA) is 60.4 Å². The van der Waals surface area contributed by atoms with Crippen molar-refractivity contribution in [2.24, 2.45) is 0 Å². The van der Waals surface area contributed by atoms with Crippen LogP contribution in [0.2, 0.25) is 0 Å². The molecule has 0 saturated heterocycles. The average Bonchev–Trinajstić information content (AvgIpc) is 2.47. The Balaban J connectivity index is 2.26. The van der Waals surface area contributed by atoms with Gasteiger partial charge in [-0.1, -0.05) is 6.07 Å². The van der Waals surface area contributed by atoms with Crippen molar-refractivity contribution in [1.29, 1.82) is 0 Å². The van der Waals surface area contributed by atoms with Gasteiger partial charge in [0.2, 0.25) is 0 Å². The minimum Gasteiger partial charge on any atom is -0.550 e. The second-order valence-corrected chi connectivity index (χ2v) is 3.69. The van der Waals surface area contributed by atoms with Crippen molar-refractivity contribution >= 4 is 5.97 Å². The molecule has 74 valence electrons. The Kier molecular flexibility index (Phi) is 2.15. The van der Waals surface area contributed by atoms with E-state index in [1.807, 2.05) is 6.07 Å². The Morgan fingerprint density at radius 1 is 1.57 bits per heavy atom. The molecule has 2 rings (SSSR count). The Morgan fingerprint density at radius 3 is 3.07 bits per heavy atom. The van der Waals surface area contributed by atoms with Gasteiger partial charge in [-0.15, -0.1) is 0 Å². The molecule has 3 heteroatoms. The quantitative estimate of drug-likeness (QED) is 0.743. The zero-order chi connectivity index (χ0) is 10.1. The molecule has 1 unspecified atom stereocenters. The van der Waals surface area contributed by atoms with E-state index >= 15 is 0 Å². The molecule has 0 saturated carbocycles. The third-order valence-electron chi connectivity index (χ3n) is 2.74. The number of aliphatic carboxylic acids is 1. The van der Waals surface area contributed by atoms with E-state index in [1.54, 1.807) is 12.1 Å². The number of carboxylic acid groups (broad SMARTS) is 1. The first-order valence-electron chi connectivity index (χ1n) is 4.68. The van der Waals surface area contributed by atoms with Crippen LogP contribution in [0.3, 0.4) is 0 Å². The van der Waals surface area contributed by atoms with Gasteiger partial charge in [0.25, 0.3) is 0 Å². The summed E-state index contributed by atoms with van der Waals surface area (Å²) in [6.45, 7) is 0. The van der Waals surface area contributed by atoms with Gasteiger partial charge in [0, 0.05) is 5.97 Å². The van der Waals surface area contributed by atoms with Crippen LogP contribution in [-0.4, -0.2) is 11.1 Å². The van der Waals surface area contributed by atoms with E-state index in [2.05, 4.69) is 0 Å². The van der Waals surface area contributed by atoms with Crippen molar-refractivity contribution in [1.82, 2.24) is 0 Å². The summed E-state index contributed by atoms with van der Waals surface area (Å²) in [5, 5.41) is 19.7. The number of carbonyl (C=O) groups is 1. The molecule has 0 heterocycles. The monoisotopic (exact) mass is 191 g/mol. The number of fused-ring (bicyclic) bond motifs is 1. The first-order chi connectivity index (χ1) is 6.66. The normalized spacial score (nSPS) is 19.3. The summed E-state index contributed by atoms with van der Waals surface area (Å²) in [5.41, 5.74) is 2.11. The highest BCUT2D eigenvalue weighted by molar-refractivity contribution is 5.66. The molecule has 1 aromatic carbocycles. The van der Waals surface area contributed by atoms with E-state index in [9.17, 15) is 15.0 Å². The largest absolute Gasteiger partial charge is 0.550 e. The predicted octanol–water partition coefficient (Wildman–Crippen LogP) is 0.562. The minimum atomic E-state index is -1.00. The first kappa shape index (κ1) is 9.06. The number of rotatable bonds is 2. The Morgan fingerprint density at radius 2 is 2.36 bits per heavy atom. The van der Waals surface area contributed by atoms with Crippen LogP contribution < -0.4 is 5.11 Å². The molecule has 1 aromatic rings. The maximum atomic E-state index is 10.5. The van der Waals surface area contributed by atoms with Crippen molar-refractivity contribution in [3.05, 3.63) is 29.3 Å². The van der Waals surface area contributed by atoms with Gasteiger partial charge < -0.3 is 15.0 Å². The maximum absolute atomic E-state index is 10.5. The summed E-state index contributed by atoms with van der Waals surface area (Å²) in [5.74, 6) is -0.690. The highest BCUT2D eigenvalue weighted by Crippen LogP contribution is 2.36. The fourth-order valence-electron chi connectivity index (χ4n) is 2.11. The number of phenolic OH excluding ortho intramolecular Hbond substituents is 1. The van der Waals surface area contributed by atoms with E-state index in [1.165, 1.54) is 0 Å². The SMILES string of the molecule is O=C([O-])CC1CCc2cc(O)ccc21. The van der Waals surface area contributed by atoms with Crippen molar-refractivity contribution in [3.8, 4) is 5.75 Å². The van der Waals surface area contributed by atoms with E-state index in [0.29, 0.717) is 0 Å². The van der Waals surface area contributed by atoms with Crippen LogP contribution in [0.15, 0.2) is 18.2 Å². The smallest absolute Gasteiger partial charge is 0.115 e. The molecular weight excluding hydrogens is 180 g/mol. The molecule has 1 atom stereocenters. The summed E-state index contributed by atoms with van der Waals surface area (Å²) in [6, 6.07) is 5.13. The molecule has 1 N–H and O–H groups in total. The summed E-state index contributed by atoms with van der Waals surface area (Å²) < 4.78 is 0. The van der Waals surface area contributed by atoms with Crippen molar-refractivity contribution in [3.63, 3.8) is 0 Å². The molecule has 0 aromatic heterocycles. The fraction of sp³-hybridized carbons (Fsp3) is 0.364. The Bertz CT molecular complexity index is 371. The van der Waals surface area contributed by atoms with Crippen LogP contribution in [0.4, 0.5) is 0 Å². The number of carbonyl (C=O) groups excluding carboxylic acids is 1. The highest BCUT2D eigenvalue weighted by atomic mass is 16.4. The zero-order valence-corrected chi connectivity index (χ0v) is 7.69. The van der Waals surface area contributed by atoms with Gasteiger partial charge in [0.05, 0.1) is 0 Å². The van der Waals surface area contributed by atoms with Gasteiger partial charge in [0.1, 0.15) is 5.75 Å². The van der Waals surface area contributed by atoms with Crippen molar-refractivity contribution in [2.45, 2.75) is 25.2 Å². The van der Waals surface area contributed by atoms with Gasteiger partial charge >= 0.3 is 0 Å². The third kappa shape index (κ3) is 1.58. The standard InChI is InChI=1S/C11H12O3/c12-9-3-4-10-7(5-9)1-2-8(10)6-11(13)14/h3-5,8,12H,1-2,6H2,(H,13,14)/p-1. The molecular formula is C11H11O3-. The second kappa shape index (κ2) is 3.33. The van der Waals surface area contributed by atoms with Crippen LogP contribution in [0.25, 0.3) is 0 Å². The molecule has 0 fully saturated rings. The van der Waals surface area contributed by atoms with Crippen LogP contribution in [-0.2, 0) is 11.2 Å². The lowest BCUT2D eigenvalue weighted by Crippen LogP contribution is -2.23. The number of phenols is 1. The number of carboxylic acids is 1. The average molecular weight is 191 g/mol. The van der Waals surface area contributed by atoms with Crippen LogP contribution >= 0.6 is 0 Å². The molecule has 1 aliphatic rings. The summed E-state index contributed by atoms with van der Waals surface area (Å²) in [7, 11) is 0. The summed E-state index contributed by atoms with van der Waals surface area (Å²) in [4.78, 5) is 10.5. The highest BCUT2D eigenvalue weighted by Gasteiger charge is 2.22. The van der Waals surface area contributed by atoms with Gasteiger partial charge in [-0.3, -0.25) is 0 Å². The molecule has 0 amide bonds. The maximum Gasteiger partial charge on any atom is 0.115 e. The lowest BCUT2D eigenvalue weighted by atomic mass is 9.98. The molecule has 0 aliphatic heterocycles. The minimum absolute atomic E-state index is 0.0654. The molecule has 0 radical (unpaired) electrons. The summed E-state index contributed by atoms with van der Waals surface area (Å²) >= 11 is 0. The second-order valence-electron chi connectivity index (χ2n) is 3.69. The summed E-state index contributed by atoms with van der Waals surface area (Å²) in [6.07, 6.45) is 1.77. The number of hydrogen-bond donors (Lipinski definition) is 1. The van der Waals surface area contributed by atoms with Crippen LogP contribution in [0.1, 0.15) is 29.9 Å². The molecule has 0 spiro atoms. The number of aryl methyl sites for hydroxylation is 1. The van der Waals surface area contributed by atoms with E-state index < -0.39 is 5.97 Å². The van der Waals surface area contributed by atoms with Crippen LogP contribution in [0.5, 0.6) is 5.75 Å². The number of benzene rings is 1. The fourth-order valence-corrected chi connectivity index (χ4v) is 2.11. The van der Waals surface area contributed by atoms with E-state index in [-0.39, 0.29) is 18.1 Å². The third-order valence-corrected chi connectivity index (χ3v) is 2.74. The molecule has 1 aliphatic carbocycles. The van der Waals surface area contributed by atoms with E-state index in [4.69, 9.17) is 0 Å². The lowest BCUT2D eigenvalue weighted by molar-refractivity contribution is -0.306. The molecule has 14 heavy (non-hydrogen) atoms. The number of hydrogen-bond acceptors (Lipinski definition) is 3. The van der Waals surface area contributed by atoms with Gasteiger partial charge in [-0.2, -0.15) is 0 Å².